The second-order valence-electron chi connectivity index (χ2n) is 2.85. The minimum Gasteiger partial charge on any atom is -0.478 e. The normalized spacial score (nSPS) is 12.1. The lowest BCUT2D eigenvalue weighted by Crippen LogP contribution is -2.12. The third-order valence-electron chi connectivity index (χ3n) is 1.79. The highest BCUT2D eigenvalue weighted by Crippen LogP contribution is 2.07. The Hall–Kier alpha value is -1.56. The van der Waals surface area contributed by atoms with Crippen LogP contribution in [-0.4, -0.2) is 29.2 Å². The molecule has 5 nitrogen and oxygen atoms in total. The Morgan fingerprint density at radius 1 is 1.60 bits per heavy atom. The van der Waals surface area contributed by atoms with E-state index in [0.29, 0.717) is 5.56 Å². The molecule has 15 heavy (non-hydrogen) atoms. The van der Waals surface area contributed by atoms with Gasteiger partial charge in [-0.05, 0) is 24.6 Å². The molecule has 82 valence electrons. The zero-order chi connectivity index (χ0) is 11.5. The Labute approximate surface area is 87.7 Å². The van der Waals surface area contributed by atoms with Crippen molar-refractivity contribution in [2.45, 2.75) is 6.92 Å². The third-order valence-corrected chi connectivity index (χ3v) is 3.39. The van der Waals surface area contributed by atoms with E-state index in [1.54, 1.807) is 6.92 Å². The number of rotatable bonds is 4. The first-order valence-electron chi connectivity index (χ1n) is 4.28. The molecule has 0 bridgehead atoms. The van der Waals surface area contributed by atoms with Gasteiger partial charge in [0.05, 0.1) is 5.75 Å². The number of hydrogen-bond acceptors (Lipinski definition) is 3. The summed E-state index contributed by atoms with van der Waals surface area (Å²) in [6.07, 6.45) is 5.06. The SMILES string of the molecule is CCS(=O)(=O)n1ccc(/C=C/C(=O)O)c1. The van der Waals surface area contributed by atoms with E-state index >= 15 is 0 Å². The second-order valence-corrected chi connectivity index (χ2v) is 5.01. The average Bonchev–Trinajstić information content (AvgIpc) is 2.63. The first-order chi connectivity index (χ1) is 6.95. The monoisotopic (exact) mass is 229 g/mol. The Bertz CT molecular complexity index is 484. The molecule has 1 aromatic heterocycles. The second kappa shape index (κ2) is 4.31. The van der Waals surface area contributed by atoms with Crippen molar-refractivity contribution in [3.05, 3.63) is 30.1 Å². The molecule has 1 N–H and O–H groups in total. The molecule has 0 spiro atoms. The van der Waals surface area contributed by atoms with Crippen LogP contribution in [-0.2, 0) is 14.8 Å². The minimum absolute atomic E-state index is 0.00373. The summed E-state index contributed by atoms with van der Waals surface area (Å²) in [7, 11) is -3.28. The van der Waals surface area contributed by atoms with Crippen LogP contribution < -0.4 is 0 Å². The maximum Gasteiger partial charge on any atom is 0.328 e. The molecule has 1 heterocycles. The van der Waals surface area contributed by atoms with E-state index in [-0.39, 0.29) is 5.75 Å². The Morgan fingerprint density at radius 3 is 2.80 bits per heavy atom. The zero-order valence-corrected chi connectivity index (χ0v) is 8.94. The van der Waals surface area contributed by atoms with E-state index in [9.17, 15) is 13.2 Å². The molecule has 0 aromatic carbocycles. The van der Waals surface area contributed by atoms with Gasteiger partial charge in [-0.2, -0.15) is 0 Å². The molecule has 0 aliphatic rings. The van der Waals surface area contributed by atoms with E-state index in [1.807, 2.05) is 0 Å². The summed E-state index contributed by atoms with van der Waals surface area (Å²) in [5, 5.41) is 8.38. The first kappa shape index (κ1) is 11.5. The summed E-state index contributed by atoms with van der Waals surface area (Å²) in [4.78, 5) is 10.2. The van der Waals surface area contributed by atoms with Gasteiger partial charge in [-0.25, -0.2) is 13.2 Å². The van der Waals surface area contributed by atoms with Crippen LogP contribution in [0.3, 0.4) is 0 Å². The molecule has 0 aliphatic heterocycles. The molecule has 0 fully saturated rings. The number of aliphatic carboxylic acids is 1. The van der Waals surface area contributed by atoms with Crippen LogP contribution in [0.25, 0.3) is 6.08 Å². The number of aromatic nitrogens is 1. The van der Waals surface area contributed by atoms with E-state index in [1.165, 1.54) is 24.5 Å². The van der Waals surface area contributed by atoms with Crippen LogP contribution in [0.1, 0.15) is 12.5 Å². The van der Waals surface area contributed by atoms with Gasteiger partial charge in [0.15, 0.2) is 0 Å². The van der Waals surface area contributed by atoms with Crippen molar-refractivity contribution in [2.75, 3.05) is 5.75 Å². The van der Waals surface area contributed by atoms with Crippen molar-refractivity contribution in [2.24, 2.45) is 0 Å². The van der Waals surface area contributed by atoms with Crippen LogP contribution >= 0.6 is 0 Å². The lowest BCUT2D eigenvalue weighted by Gasteiger charge is -1.99. The fourth-order valence-electron chi connectivity index (χ4n) is 0.981. The van der Waals surface area contributed by atoms with Gasteiger partial charge in [-0.1, -0.05) is 0 Å². The topological polar surface area (TPSA) is 76.4 Å². The smallest absolute Gasteiger partial charge is 0.328 e. The molecular weight excluding hydrogens is 218 g/mol. The summed E-state index contributed by atoms with van der Waals surface area (Å²) in [5.74, 6) is -1.06. The molecule has 1 aromatic rings. The van der Waals surface area contributed by atoms with Gasteiger partial charge < -0.3 is 5.11 Å². The van der Waals surface area contributed by atoms with Crippen molar-refractivity contribution in [3.63, 3.8) is 0 Å². The molecule has 0 saturated heterocycles. The van der Waals surface area contributed by atoms with Gasteiger partial charge in [-0.15, -0.1) is 0 Å². The maximum absolute atomic E-state index is 11.4. The predicted molar refractivity (Wildman–Crippen MR) is 56.0 cm³/mol. The summed E-state index contributed by atoms with van der Waals surface area (Å²) in [6.45, 7) is 1.54. The lowest BCUT2D eigenvalue weighted by molar-refractivity contribution is -0.131. The molecule has 0 aliphatic carbocycles. The third kappa shape index (κ3) is 2.95. The van der Waals surface area contributed by atoms with Gasteiger partial charge in [-0.3, -0.25) is 3.97 Å². The van der Waals surface area contributed by atoms with E-state index < -0.39 is 16.0 Å². The molecule has 0 unspecified atom stereocenters. The van der Waals surface area contributed by atoms with E-state index in [4.69, 9.17) is 5.11 Å². The van der Waals surface area contributed by atoms with Gasteiger partial charge in [0.25, 0.3) is 0 Å². The van der Waals surface area contributed by atoms with Crippen LogP contribution in [0.5, 0.6) is 0 Å². The van der Waals surface area contributed by atoms with Crippen molar-refractivity contribution in [1.82, 2.24) is 3.97 Å². The van der Waals surface area contributed by atoms with Gasteiger partial charge >= 0.3 is 5.97 Å². The average molecular weight is 229 g/mol. The van der Waals surface area contributed by atoms with Crippen molar-refractivity contribution >= 4 is 22.1 Å². The highest BCUT2D eigenvalue weighted by molar-refractivity contribution is 7.89. The summed E-state index contributed by atoms with van der Waals surface area (Å²) in [5.41, 5.74) is 0.537. The fraction of sp³-hybridized carbons (Fsp3) is 0.222. The minimum atomic E-state index is -3.28. The molecule has 0 amide bonds. The number of hydrogen-bond donors (Lipinski definition) is 1. The van der Waals surface area contributed by atoms with Crippen molar-refractivity contribution in [3.8, 4) is 0 Å². The molecule has 0 saturated carbocycles. The molecule has 0 radical (unpaired) electrons. The fourth-order valence-corrected chi connectivity index (χ4v) is 1.81. The van der Waals surface area contributed by atoms with Gasteiger partial charge in [0.1, 0.15) is 0 Å². The summed E-state index contributed by atoms with van der Waals surface area (Å²) >= 11 is 0. The number of carboxylic acids is 1. The van der Waals surface area contributed by atoms with Gasteiger partial charge in [0.2, 0.25) is 10.0 Å². The van der Waals surface area contributed by atoms with Gasteiger partial charge in [0, 0.05) is 18.5 Å². The Balaban J connectivity index is 2.96. The zero-order valence-electron chi connectivity index (χ0n) is 8.12. The van der Waals surface area contributed by atoms with Crippen LogP contribution in [0.4, 0.5) is 0 Å². The quantitative estimate of drug-likeness (QED) is 0.774. The van der Waals surface area contributed by atoms with E-state index in [2.05, 4.69) is 0 Å². The van der Waals surface area contributed by atoms with Crippen molar-refractivity contribution in [1.29, 1.82) is 0 Å². The standard InChI is InChI=1S/C9H11NO4S/c1-2-15(13,14)10-6-5-8(7-10)3-4-9(11)12/h3-7H,2H2,1H3,(H,11,12)/b4-3+. The number of nitrogens with zero attached hydrogens (tertiary/aromatic N) is 1. The molecule has 1 rings (SSSR count). The molecule has 6 heteroatoms. The van der Waals surface area contributed by atoms with Crippen molar-refractivity contribution < 1.29 is 18.3 Å². The first-order valence-corrected chi connectivity index (χ1v) is 5.89. The van der Waals surface area contributed by atoms with Crippen LogP contribution in [0.15, 0.2) is 24.5 Å². The summed E-state index contributed by atoms with van der Waals surface area (Å²) < 4.78 is 23.8. The molecular formula is C9H11NO4S. The van der Waals surface area contributed by atoms with E-state index in [0.717, 1.165) is 10.0 Å². The van der Waals surface area contributed by atoms with Crippen LogP contribution in [0.2, 0.25) is 0 Å². The lowest BCUT2D eigenvalue weighted by atomic mass is 10.3. The Kier molecular flexibility index (Phi) is 3.31. The maximum atomic E-state index is 11.4. The molecule has 0 atom stereocenters. The number of carbonyl (C=O) groups is 1. The predicted octanol–water partition coefficient (Wildman–Crippen LogP) is 0.784. The summed E-state index contributed by atoms with van der Waals surface area (Å²) in [6, 6.07) is 1.53. The number of carboxylic acid groups (broad SMARTS) is 1. The highest BCUT2D eigenvalue weighted by Gasteiger charge is 2.08. The highest BCUT2D eigenvalue weighted by atomic mass is 32.2. The van der Waals surface area contributed by atoms with Crippen LogP contribution in [0, 0.1) is 0 Å². The Morgan fingerprint density at radius 2 is 2.27 bits per heavy atom. The largest absolute Gasteiger partial charge is 0.478 e.